The molecule has 0 aromatic carbocycles. The van der Waals surface area contributed by atoms with Crippen LogP contribution in [0.4, 0.5) is 0 Å². The lowest BCUT2D eigenvalue weighted by molar-refractivity contribution is -0.123. The molecule has 0 rings (SSSR count). The Bertz CT molecular complexity index is 172. The van der Waals surface area contributed by atoms with E-state index in [2.05, 4.69) is 5.32 Å². The van der Waals surface area contributed by atoms with Crippen LogP contribution >= 0.6 is 0 Å². The van der Waals surface area contributed by atoms with Crippen molar-refractivity contribution in [2.75, 3.05) is 33.9 Å². The molecule has 5 heteroatoms. The number of ether oxygens (including phenoxy) is 2. The molecule has 90 valence electrons. The van der Waals surface area contributed by atoms with Gasteiger partial charge in [-0.05, 0) is 5.92 Å². The molecule has 0 saturated heterocycles. The highest BCUT2D eigenvalue weighted by molar-refractivity contribution is 5.76. The van der Waals surface area contributed by atoms with Gasteiger partial charge in [-0.1, -0.05) is 6.92 Å². The van der Waals surface area contributed by atoms with Gasteiger partial charge in [0.05, 0.1) is 19.1 Å². The molecule has 2 atom stereocenters. The highest BCUT2D eigenvalue weighted by atomic mass is 16.5. The summed E-state index contributed by atoms with van der Waals surface area (Å²) in [6.07, 6.45) is 0.120. The topological polar surface area (TPSA) is 73.6 Å². The Morgan fingerprint density at radius 3 is 2.60 bits per heavy atom. The number of nitrogens with two attached hydrogens (primary N) is 1. The third-order valence-electron chi connectivity index (χ3n) is 2.11. The Labute approximate surface area is 91.3 Å². The van der Waals surface area contributed by atoms with Gasteiger partial charge in [0, 0.05) is 27.3 Å². The summed E-state index contributed by atoms with van der Waals surface area (Å²) in [6, 6.07) is 0. The van der Waals surface area contributed by atoms with Gasteiger partial charge in [0.25, 0.3) is 0 Å². The monoisotopic (exact) mass is 218 g/mol. The average molecular weight is 218 g/mol. The molecule has 0 radical (unpaired) electrons. The molecule has 5 nitrogen and oxygen atoms in total. The first-order valence-corrected chi connectivity index (χ1v) is 5.12. The highest BCUT2D eigenvalue weighted by Gasteiger charge is 2.11. The van der Waals surface area contributed by atoms with E-state index in [1.165, 1.54) is 0 Å². The summed E-state index contributed by atoms with van der Waals surface area (Å²) in [5.41, 5.74) is 5.41. The van der Waals surface area contributed by atoms with Crippen LogP contribution in [0.1, 0.15) is 13.3 Å². The van der Waals surface area contributed by atoms with E-state index in [1.807, 2.05) is 6.92 Å². The summed E-state index contributed by atoms with van der Waals surface area (Å²) < 4.78 is 9.98. The number of methoxy groups -OCH3 is 2. The molecule has 0 aromatic rings. The van der Waals surface area contributed by atoms with E-state index in [9.17, 15) is 4.79 Å². The van der Waals surface area contributed by atoms with Crippen LogP contribution in [0, 0.1) is 5.92 Å². The molecule has 0 aliphatic heterocycles. The lowest BCUT2D eigenvalue weighted by atomic mass is 10.2. The lowest BCUT2D eigenvalue weighted by Gasteiger charge is -2.14. The predicted molar refractivity (Wildman–Crippen MR) is 58.5 cm³/mol. The average Bonchev–Trinajstić information content (AvgIpc) is 2.23. The zero-order chi connectivity index (χ0) is 11.7. The van der Waals surface area contributed by atoms with Crippen molar-refractivity contribution < 1.29 is 14.3 Å². The molecule has 0 aliphatic rings. The Kier molecular flexibility index (Phi) is 8.27. The first-order valence-electron chi connectivity index (χ1n) is 5.12. The summed E-state index contributed by atoms with van der Waals surface area (Å²) in [5, 5.41) is 2.81. The summed E-state index contributed by atoms with van der Waals surface area (Å²) >= 11 is 0. The molecule has 2 unspecified atom stereocenters. The summed E-state index contributed by atoms with van der Waals surface area (Å²) in [7, 11) is 3.20. The Morgan fingerprint density at radius 1 is 1.47 bits per heavy atom. The predicted octanol–water partition coefficient (Wildman–Crippen LogP) is -0.251. The number of amides is 1. The van der Waals surface area contributed by atoms with Gasteiger partial charge in [0.2, 0.25) is 5.91 Å². The zero-order valence-corrected chi connectivity index (χ0v) is 9.79. The Morgan fingerprint density at radius 2 is 2.13 bits per heavy atom. The number of carbonyl (C=O) groups excluding carboxylic acids is 1. The van der Waals surface area contributed by atoms with Gasteiger partial charge in [0.15, 0.2) is 0 Å². The molecule has 0 heterocycles. The molecule has 0 saturated carbocycles. The van der Waals surface area contributed by atoms with E-state index in [4.69, 9.17) is 15.2 Å². The molecule has 0 aromatic heterocycles. The fourth-order valence-corrected chi connectivity index (χ4v) is 1.17. The fourth-order valence-electron chi connectivity index (χ4n) is 1.17. The molecule has 0 spiro atoms. The van der Waals surface area contributed by atoms with Gasteiger partial charge in [-0.3, -0.25) is 4.79 Å². The van der Waals surface area contributed by atoms with Gasteiger partial charge in [0.1, 0.15) is 0 Å². The van der Waals surface area contributed by atoms with E-state index in [0.717, 1.165) is 0 Å². The maximum absolute atomic E-state index is 11.4. The molecular weight excluding hydrogens is 196 g/mol. The molecule has 1 amide bonds. The van der Waals surface area contributed by atoms with E-state index in [-0.39, 0.29) is 12.0 Å². The highest BCUT2D eigenvalue weighted by Crippen LogP contribution is 1.96. The van der Waals surface area contributed by atoms with Crippen molar-refractivity contribution >= 4 is 5.91 Å². The van der Waals surface area contributed by atoms with Gasteiger partial charge in [-0.2, -0.15) is 0 Å². The van der Waals surface area contributed by atoms with Crippen molar-refractivity contribution in [2.24, 2.45) is 11.7 Å². The zero-order valence-electron chi connectivity index (χ0n) is 9.79. The molecule has 0 aliphatic carbocycles. The van der Waals surface area contributed by atoms with Crippen molar-refractivity contribution in [1.29, 1.82) is 0 Å². The van der Waals surface area contributed by atoms with Crippen LogP contribution in [0.5, 0.6) is 0 Å². The number of nitrogens with one attached hydrogen (secondary N) is 1. The maximum Gasteiger partial charge on any atom is 0.222 e. The van der Waals surface area contributed by atoms with E-state index in [0.29, 0.717) is 32.0 Å². The maximum atomic E-state index is 11.4. The van der Waals surface area contributed by atoms with Crippen LogP contribution in [0.25, 0.3) is 0 Å². The van der Waals surface area contributed by atoms with E-state index >= 15 is 0 Å². The van der Waals surface area contributed by atoms with Crippen molar-refractivity contribution in [2.45, 2.75) is 19.4 Å². The van der Waals surface area contributed by atoms with E-state index < -0.39 is 0 Å². The minimum atomic E-state index is -0.192. The normalized spacial score (nSPS) is 14.7. The molecular formula is C10H22N2O3. The van der Waals surface area contributed by atoms with Crippen molar-refractivity contribution in [3.8, 4) is 0 Å². The standard InChI is InChI=1S/C10H22N2O3/c1-8(7-14-2)6-12-10(13)4-9(5-11)15-3/h8-9H,4-7,11H2,1-3H3,(H,12,13). The van der Waals surface area contributed by atoms with E-state index in [1.54, 1.807) is 14.2 Å². The van der Waals surface area contributed by atoms with Crippen LogP contribution in [0.3, 0.4) is 0 Å². The lowest BCUT2D eigenvalue weighted by Crippen LogP contribution is -2.35. The summed E-state index contributed by atoms with van der Waals surface area (Å²) in [6.45, 7) is 3.64. The SMILES string of the molecule is COCC(C)CNC(=O)CC(CN)OC. The van der Waals surface area contributed by atoms with Gasteiger partial charge < -0.3 is 20.5 Å². The minimum Gasteiger partial charge on any atom is -0.384 e. The largest absolute Gasteiger partial charge is 0.384 e. The minimum absolute atomic E-state index is 0.0322. The second-order valence-corrected chi connectivity index (χ2v) is 3.66. The molecule has 0 bridgehead atoms. The van der Waals surface area contributed by atoms with Crippen LogP contribution in [0.2, 0.25) is 0 Å². The molecule has 3 N–H and O–H groups in total. The van der Waals surface area contributed by atoms with Crippen LogP contribution < -0.4 is 11.1 Å². The number of carbonyl (C=O) groups is 1. The Balaban J connectivity index is 3.64. The van der Waals surface area contributed by atoms with Crippen LogP contribution in [0.15, 0.2) is 0 Å². The van der Waals surface area contributed by atoms with Gasteiger partial charge in [-0.25, -0.2) is 0 Å². The van der Waals surface area contributed by atoms with Crippen molar-refractivity contribution in [3.05, 3.63) is 0 Å². The third kappa shape index (κ3) is 7.30. The van der Waals surface area contributed by atoms with Crippen LogP contribution in [-0.4, -0.2) is 45.9 Å². The Hall–Kier alpha value is -0.650. The summed E-state index contributed by atoms with van der Waals surface area (Å²) in [4.78, 5) is 11.4. The van der Waals surface area contributed by atoms with Crippen molar-refractivity contribution in [1.82, 2.24) is 5.32 Å². The number of hydrogen-bond acceptors (Lipinski definition) is 4. The number of hydrogen-bond donors (Lipinski definition) is 2. The number of rotatable bonds is 8. The molecule has 15 heavy (non-hydrogen) atoms. The van der Waals surface area contributed by atoms with Crippen LogP contribution in [-0.2, 0) is 14.3 Å². The second kappa shape index (κ2) is 8.64. The molecule has 0 fully saturated rings. The van der Waals surface area contributed by atoms with Gasteiger partial charge >= 0.3 is 0 Å². The first-order chi connectivity index (χ1) is 7.13. The quantitative estimate of drug-likeness (QED) is 0.589. The fraction of sp³-hybridized carbons (Fsp3) is 0.900. The second-order valence-electron chi connectivity index (χ2n) is 3.66. The first kappa shape index (κ1) is 14.3. The third-order valence-corrected chi connectivity index (χ3v) is 2.11. The summed E-state index contributed by atoms with van der Waals surface area (Å²) in [5.74, 6) is 0.285. The van der Waals surface area contributed by atoms with Crippen molar-refractivity contribution in [3.63, 3.8) is 0 Å². The van der Waals surface area contributed by atoms with Gasteiger partial charge in [-0.15, -0.1) is 0 Å². The smallest absolute Gasteiger partial charge is 0.222 e.